The van der Waals surface area contributed by atoms with E-state index in [0.717, 1.165) is 6.42 Å². The van der Waals surface area contributed by atoms with Crippen LogP contribution in [0.5, 0.6) is 0 Å². The molecule has 7 heteroatoms. The van der Waals surface area contributed by atoms with Crippen LogP contribution in [0.4, 0.5) is 5.82 Å². The molecule has 0 radical (unpaired) electrons. The maximum absolute atomic E-state index is 12.2. The van der Waals surface area contributed by atoms with Crippen molar-refractivity contribution in [1.82, 2.24) is 9.47 Å². The Morgan fingerprint density at radius 3 is 2.83 bits per heavy atom. The van der Waals surface area contributed by atoms with Gasteiger partial charge in [0.15, 0.2) is 5.69 Å². The second-order valence-electron chi connectivity index (χ2n) is 4.53. The summed E-state index contributed by atoms with van der Waals surface area (Å²) in [4.78, 5) is 24.1. The van der Waals surface area contributed by atoms with Gasteiger partial charge in [-0.3, -0.25) is 4.79 Å². The van der Waals surface area contributed by atoms with E-state index in [4.69, 9.17) is 5.73 Å². The van der Waals surface area contributed by atoms with Crippen LogP contribution in [0.15, 0.2) is 12.1 Å². The van der Waals surface area contributed by atoms with Crippen LogP contribution in [0, 0.1) is 16.0 Å². The molecule has 18 heavy (non-hydrogen) atoms. The van der Waals surface area contributed by atoms with Crippen molar-refractivity contribution in [1.29, 1.82) is 0 Å². The molecular formula is C11H16N4O3. The van der Waals surface area contributed by atoms with Gasteiger partial charge in [-0.1, -0.05) is 0 Å². The number of amides is 1. The van der Waals surface area contributed by atoms with Gasteiger partial charge in [-0.2, -0.15) is 0 Å². The number of rotatable bonds is 3. The van der Waals surface area contributed by atoms with Gasteiger partial charge < -0.3 is 20.7 Å². The van der Waals surface area contributed by atoms with Crippen molar-refractivity contribution in [2.75, 3.05) is 19.6 Å². The number of nitrogens with zero attached hydrogens (tertiary/aromatic N) is 3. The van der Waals surface area contributed by atoms with Crippen LogP contribution in [-0.2, 0) is 7.05 Å². The van der Waals surface area contributed by atoms with Gasteiger partial charge in [-0.25, -0.2) is 4.57 Å². The first kappa shape index (κ1) is 12.6. The van der Waals surface area contributed by atoms with Gasteiger partial charge in [0.2, 0.25) is 0 Å². The first-order valence-electron chi connectivity index (χ1n) is 5.84. The predicted molar refractivity (Wildman–Crippen MR) is 65.1 cm³/mol. The van der Waals surface area contributed by atoms with Gasteiger partial charge in [0, 0.05) is 19.2 Å². The van der Waals surface area contributed by atoms with Crippen LogP contribution in [-0.4, -0.2) is 39.9 Å². The van der Waals surface area contributed by atoms with Crippen molar-refractivity contribution in [3.63, 3.8) is 0 Å². The molecule has 2 N–H and O–H groups in total. The Kier molecular flexibility index (Phi) is 3.33. The Morgan fingerprint density at radius 2 is 2.33 bits per heavy atom. The van der Waals surface area contributed by atoms with E-state index in [-0.39, 0.29) is 11.7 Å². The number of hydrogen-bond donors (Lipinski definition) is 1. The number of hydrogen-bond acceptors (Lipinski definition) is 4. The third kappa shape index (κ3) is 2.08. The van der Waals surface area contributed by atoms with Crippen LogP contribution in [0.3, 0.4) is 0 Å². The van der Waals surface area contributed by atoms with Crippen LogP contribution in [0.1, 0.15) is 16.9 Å². The molecule has 0 aromatic carbocycles. The lowest BCUT2D eigenvalue weighted by molar-refractivity contribution is -0.391. The summed E-state index contributed by atoms with van der Waals surface area (Å²) in [7, 11) is 1.53. The minimum atomic E-state index is -0.497. The molecule has 2 rings (SSSR count). The van der Waals surface area contributed by atoms with Gasteiger partial charge in [0.05, 0.1) is 7.05 Å². The third-order valence-corrected chi connectivity index (χ3v) is 3.41. The zero-order chi connectivity index (χ0) is 13.3. The van der Waals surface area contributed by atoms with E-state index in [1.807, 2.05) is 0 Å². The Bertz CT molecular complexity index is 483. The molecule has 1 aliphatic rings. The topological polar surface area (TPSA) is 94.4 Å². The number of carbonyl (C=O) groups excluding carboxylic acids is 1. The van der Waals surface area contributed by atoms with Gasteiger partial charge >= 0.3 is 5.82 Å². The van der Waals surface area contributed by atoms with E-state index in [1.54, 1.807) is 4.90 Å². The van der Waals surface area contributed by atoms with Gasteiger partial charge in [0.1, 0.15) is 0 Å². The molecule has 1 aromatic rings. The molecule has 7 nitrogen and oxygen atoms in total. The van der Waals surface area contributed by atoms with Crippen LogP contribution < -0.4 is 5.73 Å². The quantitative estimate of drug-likeness (QED) is 0.620. The Labute approximate surface area is 104 Å². The van der Waals surface area contributed by atoms with Crippen LogP contribution in [0.25, 0.3) is 0 Å². The minimum absolute atomic E-state index is 0.0760. The molecule has 1 unspecified atom stereocenters. The van der Waals surface area contributed by atoms with Crippen molar-refractivity contribution in [2.45, 2.75) is 6.42 Å². The highest BCUT2D eigenvalue weighted by atomic mass is 16.6. The molecule has 98 valence electrons. The van der Waals surface area contributed by atoms with Gasteiger partial charge in [0.25, 0.3) is 5.91 Å². The monoisotopic (exact) mass is 252 g/mol. The smallest absolute Gasteiger partial charge is 0.323 e. The average Bonchev–Trinajstić information content (AvgIpc) is 2.94. The lowest BCUT2D eigenvalue weighted by Crippen LogP contribution is -2.31. The number of nitrogens with two attached hydrogens (primary N) is 1. The summed E-state index contributed by atoms with van der Waals surface area (Å²) < 4.78 is 1.32. The highest BCUT2D eigenvalue weighted by Crippen LogP contribution is 2.21. The van der Waals surface area contributed by atoms with E-state index in [2.05, 4.69) is 0 Å². The molecular weight excluding hydrogens is 236 g/mol. The zero-order valence-electron chi connectivity index (χ0n) is 10.2. The molecule has 1 amide bonds. The fraction of sp³-hybridized carbons (Fsp3) is 0.545. The average molecular weight is 252 g/mol. The maximum Gasteiger partial charge on any atom is 0.323 e. The second-order valence-corrected chi connectivity index (χ2v) is 4.53. The largest absolute Gasteiger partial charge is 0.358 e. The number of nitro groups is 1. The second kappa shape index (κ2) is 4.77. The molecule has 1 aliphatic heterocycles. The summed E-state index contributed by atoms with van der Waals surface area (Å²) in [5.41, 5.74) is 5.92. The zero-order valence-corrected chi connectivity index (χ0v) is 10.2. The summed E-state index contributed by atoms with van der Waals surface area (Å²) in [5, 5.41) is 10.7. The van der Waals surface area contributed by atoms with E-state index in [9.17, 15) is 14.9 Å². The van der Waals surface area contributed by atoms with E-state index in [1.165, 1.54) is 23.7 Å². The fourth-order valence-electron chi connectivity index (χ4n) is 2.27. The number of aromatic nitrogens is 1. The first-order chi connectivity index (χ1) is 8.54. The fourth-order valence-corrected chi connectivity index (χ4v) is 2.27. The Balaban J connectivity index is 2.17. The summed E-state index contributed by atoms with van der Waals surface area (Å²) in [5.74, 6) is 0.0960. The lowest BCUT2D eigenvalue weighted by atomic mass is 10.1. The first-order valence-corrected chi connectivity index (χ1v) is 5.84. The summed E-state index contributed by atoms with van der Waals surface area (Å²) in [6.45, 7) is 1.87. The standard InChI is InChI=1S/C11H16N4O3/c1-13-9(2-3-10(13)15(17)18)11(16)14-5-4-8(6-12)7-14/h2-3,8H,4-7,12H2,1H3. The molecule has 0 bridgehead atoms. The van der Waals surface area contributed by atoms with Crippen molar-refractivity contribution in [3.05, 3.63) is 27.9 Å². The lowest BCUT2D eigenvalue weighted by Gasteiger charge is -2.14. The van der Waals surface area contributed by atoms with Crippen molar-refractivity contribution in [2.24, 2.45) is 18.7 Å². The molecule has 1 fully saturated rings. The summed E-state index contributed by atoms with van der Waals surface area (Å²) in [6.07, 6.45) is 0.898. The molecule has 1 atom stereocenters. The Hall–Kier alpha value is -1.89. The van der Waals surface area contributed by atoms with Crippen molar-refractivity contribution >= 4 is 11.7 Å². The van der Waals surface area contributed by atoms with Gasteiger partial charge in [-0.05, 0) is 29.9 Å². The Morgan fingerprint density at radius 1 is 1.61 bits per heavy atom. The highest BCUT2D eigenvalue weighted by Gasteiger charge is 2.30. The maximum atomic E-state index is 12.2. The van der Waals surface area contributed by atoms with E-state index in [0.29, 0.717) is 31.2 Å². The number of carbonyl (C=O) groups is 1. The van der Waals surface area contributed by atoms with Crippen LogP contribution >= 0.6 is 0 Å². The molecule has 0 saturated carbocycles. The minimum Gasteiger partial charge on any atom is -0.358 e. The number of likely N-dealkylation sites (tertiary alicyclic amines) is 1. The predicted octanol–water partition coefficient (Wildman–Crippen LogP) is 0.354. The van der Waals surface area contributed by atoms with E-state index < -0.39 is 4.92 Å². The molecule has 0 aliphatic carbocycles. The van der Waals surface area contributed by atoms with E-state index >= 15 is 0 Å². The van der Waals surface area contributed by atoms with Crippen LogP contribution in [0.2, 0.25) is 0 Å². The molecule has 1 aromatic heterocycles. The van der Waals surface area contributed by atoms with Crippen molar-refractivity contribution < 1.29 is 9.72 Å². The third-order valence-electron chi connectivity index (χ3n) is 3.41. The molecule has 1 saturated heterocycles. The highest BCUT2D eigenvalue weighted by molar-refractivity contribution is 5.93. The summed E-state index contributed by atoms with van der Waals surface area (Å²) in [6, 6.07) is 2.85. The molecule has 2 heterocycles. The molecule has 0 spiro atoms. The SMILES string of the molecule is Cn1c(C(=O)N2CCC(CN)C2)ccc1[N+](=O)[O-]. The normalized spacial score (nSPS) is 19.2. The summed E-state index contributed by atoms with van der Waals surface area (Å²) >= 11 is 0. The van der Waals surface area contributed by atoms with Crippen molar-refractivity contribution in [3.8, 4) is 0 Å². The van der Waals surface area contributed by atoms with Gasteiger partial charge in [-0.15, -0.1) is 0 Å².